The Morgan fingerprint density at radius 1 is 1.73 bits per heavy atom. The fraction of sp³-hybridized carbons (Fsp3) is 0.778. The molecule has 1 atom stereocenters. The third kappa shape index (κ3) is 3.49. The summed E-state index contributed by atoms with van der Waals surface area (Å²) in [6, 6.07) is 0. The van der Waals surface area contributed by atoms with Crippen LogP contribution in [0.2, 0.25) is 0 Å². The lowest BCUT2D eigenvalue weighted by molar-refractivity contribution is -0.128. The standard InChI is InChI=1S/C9H16N2O4/c1-7(12)5-10(2)6-8(13)11-3-4-15-9(11)14/h7,12H,3-6H2,1-2H3. The molecule has 1 heterocycles. The van der Waals surface area contributed by atoms with E-state index in [-0.39, 0.29) is 19.1 Å². The molecule has 1 fully saturated rings. The van der Waals surface area contributed by atoms with Crippen LogP contribution in [0.1, 0.15) is 6.92 Å². The van der Waals surface area contributed by atoms with Crippen LogP contribution < -0.4 is 0 Å². The molecule has 0 aromatic heterocycles. The van der Waals surface area contributed by atoms with Crippen molar-refractivity contribution in [2.45, 2.75) is 13.0 Å². The molecule has 0 aromatic rings. The number of cyclic esters (lactones) is 1. The molecule has 1 aliphatic rings. The van der Waals surface area contributed by atoms with Gasteiger partial charge in [-0.2, -0.15) is 0 Å². The van der Waals surface area contributed by atoms with Gasteiger partial charge in [-0.15, -0.1) is 0 Å². The number of likely N-dealkylation sites (N-methyl/N-ethyl adjacent to an activating group) is 1. The van der Waals surface area contributed by atoms with E-state index in [0.29, 0.717) is 13.1 Å². The molecule has 6 nitrogen and oxygen atoms in total. The molecule has 2 amide bonds. The highest BCUT2D eigenvalue weighted by Crippen LogP contribution is 2.04. The zero-order valence-corrected chi connectivity index (χ0v) is 8.97. The quantitative estimate of drug-likeness (QED) is 0.671. The fourth-order valence-electron chi connectivity index (χ4n) is 1.45. The van der Waals surface area contributed by atoms with Gasteiger partial charge in [0.15, 0.2) is 0 Å². The maximum Gasteiger partial charge on any atom is 0.416 e. The topological polar surface area (TPSA) is 70.1 Å². The van der Waals surface area contributed by atoms with Gasteiger partial charge in [-0.05, 0) is 14.0 Å². The van der Waals surface area contributed by atoms with E-state index < -0.39 is 12.2 Å². The van der Waals surface area contributed by atoms with Crippen LogP contribution in [0.15, 0.2) is 0 Å². The first-order chi connectivity index (χ1) is 7.00. The summed E-state index contributed by atoms with van der Waals surface area (Å²) in [5, 5.41) is 9.09. The normalized spacial score (nSPS) is 18.1. The van der Waals surface area contributed by atoms with Crippen molar-refractivity contribution in [1.29, 1.82) is 0 Å². The van der Waals surface area contributed by atoms with Crippen molar-refractivity contribution in [2.75, 3.05) is 33.3 Å². The first-order valence-electron chi connectivity index (χ1n) is 4.84. The third-order valence-corrected chi connectivity index (χ3v) is 2.04. The number of hydrogen-bond acceptors (Lipinski definition) is 5. The Morgan fingerprint density at radius 3 is 2.87 bits per heavy atom. The Kier molecular flexibility index (Phi) is 4.05. The monoisotopic (exact) mass is 216 g/mol. The van der Waals surface area contributed by atoms with Gasteiger partial charge in [-0.3, -0.25) is 9.69 Å². The van der Waals surface area contributed by atoms with E-state index in [2.05, 4.69) is 4.74 Å². The van der Waals surface area contributed by atoms with Crippen molar-refractivity contribution in [3.63, 3.8) is 0 Å². The number of hydrogen-bond donors (Lipinski definition) is 1. The summed E-state index contributed by atoms with van der Waals surface area (Å²) in [5.41, 5.74) is 0. The summed E-state index contributed by atoms with van der Waals surface area (Å²) >= 11 is 0. The van der Waals surface area contributed by atoms with Crippen LogP contribution in [0, 0.1) is 0 Å². The minimum Gasteiger partial charge on any atom is -0.447 e. The summed E-state index contributed by atoms with van der Waals surface area (Å²) in [7, 11) is 1.71. The molecule has 0 bridgehead atoms. The smallest absolute Gasteiger partial charge is 0.416 e. The van der Waals surface area contributed by atoms with Gasteiger partial charge in [0.05, 0.1) is 19.2 Å². The van der Waals surface area contributed by atoms with Gasteiger partial charge in [0.1, 0.15) is 6.61 Å². The van der Waals surface area contributed by atoms with E-state index in [1.165, 1.54) is 0 Å². The molecule has 1 unspecified atom stereocenters. The summed E-state index contributed by atoms with van der Waals surface area (Å²) in [6.45, 7) is 2.74. The van der Waals surface area contributed by atoms with Crippen molar-refractivity contribution < 1.29 is 19.4 Å². The van der Waals surface area contributed by atoms with E-state index in [1.54, 1.807) is 18.9 Å². The lowest BCUT2D eigenvalue weighted by Gasteiger charge is -2.19. The van der Waals surface area contributed by atoms with Gasteiger partial charge >= 0.3 is 6.09 Å². The predicted octanol–water partition coefficient (Wildman–Crippen LogP) is -0.722. The Labute approximate surface area is 88.4 Å². The molecule has 15 heavy (non-hydrogen) atoms. The molecular weight excluding hydrogens is 200 g/mol. The van der Waals surface area contributed by atoms with E-state index in [4.69, 9.17) is 5.11 Å². The van der Waals surface area contributed by atoms with Crippen LogP contribution in [0.3, 0.4) is 0 Å². The Bertz CT molecular complexity index is 254. The second kappa shape index (κ2) is 5.09. The van der Waals surface area contributed by atoms with Crippen molar-refractivity contribution in [1.82, 2.24) is 9.80 Å². The van der Waals surface area contributed by atoms with Gasteiger partial charge in [0.25, 0.3) is 0 Å². The predicted molar refractivity (Wildman–Crippen MR) is 52.2 cm³/mol. The molecule has 86 valence electrons. The number of aliphatic hydroxyl groups is 1. The van der Waals surface area contributed by atoms with Crippen LogP contribution in [-0.4, -0.2) is 66.3 Å². The largest absolute Gasteiger partial charge is 0.447 e. The summed E-state index contributed by atoms with van der Waals surface area (Å²) in [5.74, 6) is -0.291. The van der Waals surface area contributed by atoms with Gasteiger partial charge in [-0.25, -0.2) is 9.69 Å². The highest BCUT2D eigenvalue weighted by atomic mass is 16.6. The second-order valence-corrected chi connectivity index (χ2v) is 3.71. The molecule has 0 saturated carbocycles. The van der Waals surface area contributed by atoms with E-state index in [9.17, 15) is 9.59 Å². The summed E-state index contributed by atoms with van der Waals surface area (Å²) < 4.78 is 4.65. The molecule has 1 aliphatic heterocycles. The first kappa shape index (κ1) is 11.9. The van der Waals surface area contributed by atoms with Crippen molar-refractivity contribution >= 4 is 12.0 Å². The highest BCUT2D eigenvalue weighted by molar-refractivity contribution is 5.93. The van der Waals surface area contributed by atoms with Crippen LogP contribution in [-0.2, 0) is 9.53 Å². The maximum absolute atomic E-state index is 11.5. The van der Waals surface area contributed by atoms with Crippen LogP contribution >= 0.6 is 0 Å². The second-order valence-electron chi connectivity index (χ2n) is 3.71. The third-order valence-electron chi connectivity index (χ3n) is 2.04. The van der Waals surface area contributed by atoms with Crippen molar-refractivity contribution in [3.05, 3.63) is 0 Å². The number of rotatable bonds is 4. The number of carbonyl (C=O) groups is 2. The molecule has 1 rings (SSSR count). The molecule has 0 spiro atoms. The molecule has 0 aliphatic carbocycles. The average Bonchev–Trinajstić information content (AvgIpc) is 2.49. The maximum atomic E-state index is 11.5. The Hall–Kier alpha value is -1.14. The number of imide groups is 1. The minimum absolute atomic E-state index is 0.111. The molecular formula is C9H16N2O4. The Morgan fingerprint density at radius 2 is 2.40 bits per heavy atom. The fourth-order valence-corrected chi connectivity index (χ4v) is 1.45. The Balaban J connectivity index is 2.38. The van der Waals surface area contributed by atoms with Gasteiger partial charge in [0, 0.05) is 6.54 Å². The number of amides is 2. The number of aliphatic hydroxyl groups excluding tert-OH is 1. The molecule has 6 heteroatoms. The van der Waals surface area contributed by atoms with Gasteiger partial charge in [0.2, 0.25) is 5.91 Å². The summed E-state index contributed by atoms with van der Waals surface area (Å²) in [4.78, 5) is 25.3. The van der Waals surface area contributed by atoms with Crippen LogP contribution in [0.25, 0.3) is 0 Å². The van der Waals surface area contributed by atoms with Gasteiger partial charge in [-0.1, -0.05) is 0 Å². The van der Waals surface area contributed by atoms with E-state index in [0.717, 1.165) is 4.90 Å². The van der Waals surface area contributed by atoms with Gasteiger partial charge < -0.3 is 9.84 Å². The lowest BCUT2D eigenvalue weighted by Crippen LogP contribution is -2.41. The van der Waals surface area contributed by atoms with Crippen molar-refractivity contribution in [3.8, 4) is 0 Å². The zero-order valence-electron chi connectivity index (χ0n) is 8.97. The molecule has 0 radical (unpaired) electrons. The molecule has 1 N–H and O–H groups in total. The van der Waals surface area contributed by atoms with Crippen LogP contribution in [0.5, 0.6) is 0 Å². The van der Waals surface area contributed by atoms with E-state index >= 15 is 0 Å². The average molecular weight is 216 g/mol. The zero-order chi connectivity index (χ0) is 11.4. The van der Waals surface area contributed by atoms with Crippen LogP contribution in [0.4, 0.5) is 4.79 Å². The summed E-state index contributed by atoms with van der Waals surface area (Å²) in [6.07, 6.45) is -1.07. The first-order valence-corrected chi connectivity index (χ1v) is 4.84. The lowest BCUT2D eigenvalue weighted by atomic mass is 10.3. The minimum atomic E-state index is -0.578. The van der Waals surface area contributed by atoms with E-state index in [1.807, 2.05) is 0 Å². The number of ether oxygens (including phenoxy) is 1. The molecule has 1 saturated heterocycles. The SMILES string of the molecule is CC(O)CN(C)CC(=O)N1CCOC1=O. The number of nitrogens with zero attached hydrogens (tertiary/aromatic N) is 2. The number of carbonyl (C=O) groups excluding carboxylic acids is 2. The van der Waals surface area contributed by atoms with Crippen molar-refractivity contribution in [2.24, 2.45) is 0 Å². The molecule has 0 aromatic carbocycles. The highest BCUT2D eigenvalue weighted by Gasteiger charge is 2.28.